The largest absolute Gasteiger partial charge is 0.375 e. The third-order valence-corrected chi connectivity index (χ3v) is 3.85. The second-order valence-corrected chi connectivity index (χ2v) is 5.98. The molecular weight excluding hydrogens is 347 g/mol. The molecule has 6 heteroatoms. The molecule has 0 unspecified atom stereocenters. The molecule has 0 bridgehead atoms. The number of carbonyl (C=O) groups excluding carboxylic acids is 2. The Morgan fingerprint density at radius 2 is 1.93 bits per heavy atom. The van der Waals surface area contributed by atoms with E-state index in [1.165, 1.54) is 24.1 Å². The molecule has 0 aliphatic rings. The van der Waals surface area contributed by atoms with Crippen LogP contribution in [-0.2, 0) is 27.3 Å². The summed E-state index contributed by atoms with van der Waals surface area (Å²) >= 11 is 0. The van der Waals surface area contributed by atoms with Crippen LogP contribution in [0.5, 0.6) is 0 Å². The maximum atomic E-state index is 13.5. The summed E-state index contributed by atoms with van der Waals surface area (Å²) in [7, 11) is 1.45. The van der Waals surface area contributed by atoms with Crippen LogP contribution in [0, 0.1) is 5.82 Å². The Balaban J connectivity index is 2.16. The van der Waals surface area contributed by atoms with Gasteiger partial charge in [0.25, 0.3) is 5.91 Å². The lowest BCUT2D eigenvalue weighted by Crippen LogP contribution is -2.33. The van der Waals surface area contributed by atoms with Gasteiger partial charge >= 0.3 is 0 Å². The van der Waals surface area contributed by atoms with Crippen LogP contribution in [0.15, 0.2) is 61.2 Å². The maximum absolute atomic E-state index is 13.5. The van der Waals surface area contributed by atoms with Crippen molar-refractivity contribution in [3.8, 4) is 0 Å². The Labute approximate surface area is 158 Å². The van der Waals surface area contributed by atoms with E-state index in [-0.39, 0.29) is 37.2 Å². The highest BCUT2D eigenvalue weighted by atomic mass is 19.1. The molecule has 2 aromatic carbocycles. The highest BCUT2D eigenvalue weighted by molar-refractivity contribution is 5.94. The number of hydrogen-bond acceptors (Lipinski definition) is 3. The first kappa shape index (κ1) is 20.3. The fraction of sp³-hybridized carbons (Fsp3) is 0.238. The lowest BCUT2D eigenvalue weighted by Gasteiger charge is -2.23. The fourth-order valence-corrected chi connectivity index (χ4v) is 2.57. The molecule has 142 valence electrons. The number of carbonyl (C=O) groups is 2. The van der Waals surface area contributed by atoms with Crippen molar-refractivity contribution in [2.24, 2.45) is 0 Å². The summed E-state index contributed by atoms with van der Waals surface area (Å²) < 4.78 is 18.4. The molecule has 27 heavy (non-hydrogen) atoms. The van der Waals surface area contributed by atoms with Crippen LogP contribution in [0.25, 0.3) is 0 Å². The molecule has 2 amide bonds. The van der Waals surface area contributed by atoms with Crippen LogP contribution < -0.4 is 10.2 Å². The Bertz CT molecular complexity index is 790. The zero-order chi connectivity index (χ0) is 19.6. The third kappa shape index (κ3) is 6.34. The zero-order valence-electron chi connectivity index (χ0n) is 15.3. The number of benzene rings is 2. The van der Waals surface area contributed by atoms with E-state index >= 15 is 0 Å². The highest BCUT2D eigenvalue weighted by Crippen LogP contribution is 2.19. The number of anilines is 1. The summed E-state index contributed by atoms with van der Waals surface area (Å²) in [4.78, 5) is 25.8. The minimum absolute atomic E-state index is 0.0823. The fourth-order valence-electron chi connectivity index (χ4n) is 2.57. The van der Waals surface area contributed by atoms with Crippen molar-refractivity contribution in [1.29, 1.82) is 0 Å². The van der Waals surface area contributed by atoms with E-state index in [2.05, 4.69) is 11.9 Å². The molecule has 0 fully saturated rings. The molecule has 0 radical (unpaired) electrons. The number of nitrogens with zero attached hydrogens (tertiary/aromatic N) is 1. The molecular formula is C21H23FN2O3. The number of methoxy groups -OCH3 is 1. The number of amides is 2. The van der Waals surface area contributed by atoms with Crippen molar-refractivity contribution in [2.45, 2.75) is 13.0 Å². The second-order valence-electron chi connectivity index (χ2n) is 5.98. The van der Waals surface area contributed by atoms with Gasteiger partial charge < -0.3 is 15.0 Å². The van der Waals surface area contributed by atoms with E-state index in [0.29, 0.717) is 17.8 Å². The van der Waals surface area contributed by atoms with Crippen molar-refractivity contribution < 1.29 is 18.7 Å². The standard InChI is InChI=1S/C21H23FN2O3/c1-3-11-23-20(25)13-16-7-9-19(10-8-16)24(21(26)15-27-2)14-17-5-4-6-18(22)12-17/h3-10,12H,1,11,13-15H2,2H3,(H,23,25). The summed E-state index contributed by atoms with van der Waals surface area (Å²) in [6, 6.07) is 13.2. The van der Waals surface area contributed by atoms with Crippen molar-refractivity contribution in [3.05, 3.63) is 78.1 Å². The molecule has 0 aromatic heterocycles. The lowest BCUT2D eigenvalue weighted by molar-refractivity contribution is -0.122. The van der Waals surface area contributed by atoms with Gasteiger partial charge in [-0.25, -0.2) is 4.39 Å². The monoisotopic (exact) mass is 370 g/mol. The second kappa shape index (κ2) is 10.2. The van der Waals surface area contributed by atoms with Crippen LogP contribution in [0.1, 0.15) is 11.1 Å². The molecule has 0 saturated heterocycles. The van der Waals surface area contributed by atoms with Gasteiger partial charge in [-0.1, -0.05) is 30.3 Å². The Morgan fingerprint density at radius 1 is 1.19 bits per heavy atom. The molecule has 0 aliphatic carbocycles. The summed E-state index contributed by atoms with van der Waals surface area (Å²) in [5.41, 5.74) is 2.15. The van der Waals surface area contributed by atoms with E-state index < -0.39 is 0 Å². The number of ether oxygens (including phenoxy) is 1. The molecule has 0 heterocycles. The number of hydrogen-bond donors (Lipinski definition) is 1. The minimum Gasteiger partial charge on any atom is -0.375 e. The van der Waals surface area contributed by atoms with E-state index in [1.807, 2.05) is 0 Å². The van der Waals surface area contributed by atoms with Gasteiger partial charge in [0.05, 0.1) is 13.0 Å². The highest BCUT2D eigenvalue weighted by Gasteiger charge is 2.16. The van der Waals surface area contributed by atoms with Crippen LogP contribution in [0.4, 0.5) is 10.1 Å². The van der Waals surface area contributed by atoms with Crippen molar-refractivity contribution in [2.75, 3.05) is 25.2 Å². The topological polar surface area (TPSA) is 58.6 Å². The van der Waals surface area contributed by atoms with Crippen LogP contribution in [0.2, 0.25) is 0 Å². The van der Waals surface area contributed by atoms with E-state index in [0.717, 1.165) is 5.56 Å². The molecule has 0 aliphatic heterocycles. The molecule has 0 saturated carbocycles. The number of halogens is 1. The quantitative estimate of drug-likeness (QED) is 0.691. The van der Waals surface area contributed by atoms with Crippen LogP contribution >= 0.6 is 0 Å². The van der Waals surface area contributed by atoms with Gasteiger partial charge in [-0.3, -0.25) is 9.59 Å². The van der Waals surface area contributed by atoms with Gasteiger partial charge in [0.2, 0.25) is 5.91 Å². The summed E-state index contributed by atoms with van der Waals surface area (Å²) in [6.45, 7) is 4.12. The van der Waals surface area contributed by atoms with Crippen molar-refractivity contribution in [3.63, 3.8) is 0 Å². The van der Waals surface area contributed by atoms with Gasteiger partial charge in [-0.2, -0.15) is 0 Å². The first-order chi connectivity index (χ1) is 13.0. The van der Waals surface area contributed by atoms with Gasteiger partial charge in [0.1, 0.15) is 12.4 Å². The minimum atomic E-state index is -0.354. The summed E-state index contributed by atoms with van der Waals surface area (Å²) in [6.07, 6.45) is 1.86. The van der Waals surface area contributed by atoms with Crippen LogP contribution in [-0.4, -0.2) is 32.1 Å². The molecule has 1 N–H and O–H groups in total. The normalized spacial score (nSPS) is 10.3. The number of nitrogens with one attached hydrogen (secondary N) is 1. The molecule has 0 spiro atoms. The van der Waals surface area contributed by atoms with Gasteiger partial charge in [-0.05, 0) is 35.4 Å². The lowest BCUT2D eigenvalue weighted by atomic mass is 10.1. The van der Waals surface area contributed by atoms with Gasteiger partial charge in [-0.15, -0.1) is 6.58 Å². The first-order valence-corrected chi connectivity index (χ1v) is 8.53. The summed E-state index contributed by atoms with van der Waals surface area (Å²) in [5, 5.41) is 2.72. The van der Waals surface area contributed by atoms with Crippen LogP contribution in [0.3, 0.4) is 0 Å². The Morgan fingerprint density at radius 3 is 2.56 bits per heavy atom. The van der Waals surface area contributed by atoms with E-state index in [9.17, 15) is 14.0 Å². The first-order valence-electron chi connectivity index (χ1n) is 8.53. The van der Waals surface area contributed by atoms with E-state index in [1.54, 1.807) is 42.5 Å². The van der Waals surface area contributed by atoms with Crippen molar-refractivity contribution in [1.82, 2.24) is 5.32 Å². The SMILES string of the molecule is C=CCNC(=O)Cc1ccc(N(Cc2cccc(F)c2)C(=O)COC)cc1. The average Bonchev–Trinajstić information content (AvgIpc) is 2.65. The Hall–Kier alpha value is -2.99. The third-order valence-electron chi connectivity index (χ3n) is 3.85. The van der Waals surface area contributed by atoms with Crippen molar-refractivity contribution >= 4 is 17.5 Å². The molecule has 5 nitrogen and oxygen atoms in total. The number of rotatable bonds is 9. The maximum Gasteiger partial charge on any atom is 0.253 e. The molecule has 2 aromatic rings. The Kier molecular flexibility index (Phi) is 7.70. The van der Waals surface area contributed by atoms with Gasteiger partial charge in [0, 0.05) is 19.3 Å². The predicted octanol–water partition coefficient (Wildman–Crippen LogP) is 2.85. The zero-order valence-corrected chi connectivity index (χ0v) is 15.3. The predicted molar refractivity (Wildman–Crippen MR) is 103 cm³/mol. The average molecular weight is 370 g/mol. The molecule has 2 rings (SSSR count). The van der Waals surface area contributed by atoms with Gasteiger partial charge in [0.15, 0.2) is 0 Å². The smallest absolute Gasteiger partial charge is 0.253 e. The molecule has 0 atom stereocenters. The van der Waals surface area contributed by atoms with E-state index in [4.69, 9.17) is 4.74 Å². The summed E-state index contributed by atoms with van der Waals surface area (Å²) in [5.74, 6) is -0.694.